The van der Waals surface area contributed by atoms with E-state index >= 15 is 0 Å². The van der Waals surface area contributed by atoms with Gasteiger partial charge in [0.1, 0.15) is 17.1 Å². The lowest BCUT2D eigenvalue weighted by molar-refractivity contribution is 0.337. The first kappa shape index (κ1) is 11.7. The molecule has 0 atom stereocenters. The van der Waals surface area contributed by atoms with Crippen molar-refractivity contribution >= 4 is 11.0 Å². The number of fused-ring (bicyclic) bond motifs is 1. The highest BCUT2D eigenvalue weighted by Gasteiger charge is 2.10. The summed E-state index contributed by atoms with van der Waals surface area (Å²) in [7, 11) is 0. The van der Waals surface area contributed by atoms with Crippen LogP contribution in [0, 0.1) is 6.92 Å². The van der Waals surface area contributed by atoms with Gasteiger partial charge in [-0.15, -0.1) is 0 Å². The van der Waals surface area contributed by atoms with Crippen LogP contribution in [0.1, 0.15) is 25.2 Å². The Morgan fingerprint density at radius 2 is 2.06 bits per heavy atom. The van der Waals surface area contributed by atoms with E-state index in [0.717, 1.165) is 11.3 Å². The third kappa shape index (κ3) is 2.05. The Balaban J connectivity index is 2.74. The summed E-state index contributed by atoms with van der Waals surface area (Å²) in [6, 6.07) is 5.14. The van der Waals surface area contributed by atoms with Crippen LogP contribution in [0.25, 0.3) is 11.0 Å². The van der Waals surface area contributed by atoms with Crippen molar-refractivity contribution in [3.8, 4) is 5.75 Å². The van der Waals surface area contributed by atoms with E-state index in [1.165, 1.54) is 0 Å². The van der Waals surface area contributed by atoms with Crippen molar-refractivity contribution in [1.29, 1.82) is 0 Å². The van der Waals surface area contributed by atoms with Crippen LogP contribution in [0.15, 0.2) is 27.4 Å². The second-order valence-electron chi connectivity index (χ2n) is 3.93. The van der Waals surface area contributed by atoms with Crippen LogP contribution in [-0.4, -0.2) is 6.61 Å². The summed E-state index contributed by atoms with van der Waals surface area (Å²) in [5.41, 5.74) is 1.53. The van der Waals surface area contributed by atoms with E-state index in [-0.39, 0.29) is 5.43 Å². The number of hydrogen-bond donors (Lipinski definition) is 0. The number of rotatable bonds is 3. The Morgan fingerprint density at radius 3 is 2.71 bits per heavy atom. The molecule has 90 valence electrons. The lowest BCUT2D eigenvalue weighted by Crippen LogP contribution is -2.03. The standard InChI is InChI=1S/C14H16O3/c1-4-10-8-12(15)11-6-7-13(16-5-2)9(3)14(11)17-10/h6-8H,4-5H2,1-3H3. The van der Waals surface area contributed by atoms with E-state index < -0.39 is 0 Å². The van der Waals surface area contributed by atoms with Gasteiger partial charge in [0, 0.05) is 18.1 Å². The first-order chi connectivity index (χ1) is 8.17. The van der Waals surface area contributed by atoms with Crippen LogP contribution in [0.2, 0.25) is 0 Å². The quantitative estimate of drug-likeness (QED) is 0.816. The number of ether oxygens (including phenoxy) is 1. The van der Waals surface area contributed by atoms with Crippen molar-refractivity contribution in [2.45, 2.75) is 27.2 Å². The highest BCUT2D eigenvalue weighted by molar-refractivity contribution is 5.81. The largest absolute Gasteiger partial charge is 0.493 e. The van der Waals surface area contributed by atoms with Crippen molar-refractivity contribution < 1.29 is 9.15 Å². The summed E-state index contributed by atoms with van der Waals surface area (Å²) in [5, 5.41) is 0.614. The van der Waals surface area contributed by atoms with Gasteiger partial charge < -0.3 is 9.15 Å². The molecule has 1 aromatic carbocycles. The zero-order valence-corrected chi connectivity index (χ0v) is 10.4. The Morgan fingerprint density at radius 1 is 1.29 bits per heavy atom. The lowest BCUT2D eigenvalue weighted by atomic mass is 10.1. The van der Waals surface area contributed by atoms with Crippen LogP contribution in [0.3, 0.4) is 0 Å². The number of aryl methyl sites for hydroxylation is 2. The van der Waals surface area contributed by atoms with Gasteiger partial charge in [-0.1, -0.05) is 6.92 Å². The summed E-state index contributed by atoms with van der Waals surface area (Å²) in [4.78, 5) is 11.9. The van der Waals surface area contributed by atoms with Gasteiger partial charge >= 0.3 is 0 Å². The average Bonchev–Trinajstić information content (AvgIpc) is 2.33. The van der Waals surface area contributed by atoms with E-state index in [9.17, 15) is 4.79 Å². The fraction of sp³-hybridized carbons (Fsp3) is 0.357. The lowest BCUT2D eigenvalue weighted by Gasteiger charge is -2.09. The maximum Gasteiger partial charge on any atom is 0.192 e. The Bertz CT molecular complexity index is 596. The third-order valence-corrected chi connectivity index (χ3v) is 2.80. The molecule has 0 amide bonds. The van der Waals surface area contributed by atoms with Gasteiger partial charge in [0.15, 0.2) is 5.43 Å². The zero-order chi connectivity index (χ0) is 12.4. The molecule has 0 spiro atoms. The molecule has 2 rings (SSSR count). The topological polar surface area (TPSA) is 39.4 Å². The van der Waals surface area contributed by atoms with Gasteiger partial charge in [0.05, 0.1) is 12.0 Å². The van der Waals surface area contributed by atoms with Gasteiger partial charge in [-0.05, 0) is 26.0 Å². The molecule has 0 aliphatic heterocycles. The molecule has 3 heteroatoms. The molecule has 17 heavy (non-hydrogen) atoms. The molecule has 0 aliphatic rings. The SMILES string of the molecule is CCOc1ccc2c(=O)cc(CC)oc2c1C. The molecule has 1 heterocycles. The predicted octanol–water partition coefficient (Wildman–Crippen LogP) is 3.06. The molecule has 0 aliphatic carbocycles. The van der Waals surface area contributed by atoms with Crippen molar-refractivity contribution in [3.05, 3.63) is 39.7 Å². The van der Waals surface area contributed by atoms with Gasteiger partial charge in [-0.25, -0.2) is 0 Å². The highest BCUT2D eigenvalue weighted by atomic mass is 16.5. The minimum absolute atomic E-state index is 0.00856. The molecule has 2 aromatic rings. The summed E-state index contributed by atoms with van der Waals surface area (Å²) >= 11 is 0. The molecule has 0 bridgehead atoms. The van der Waals surface area contributed by atoms with Gasteiger partial charge in [-0.2, -0.15) is 0 Å². The van der Waals surface area contributed by atoms with E-state index in [0.29, 0.717) is 29.8 Å². The molecule has 0 unspecified atom stereocenters. The summed E-state index contributed by atoms with van der Waals surface area (Å²) in [6.07, 6.45) is 0.712. The van der Waals surface area contributed by atoms with Crippen molar-refractivity contribution in [3.63, 3.8) is 0 Å². The third-order valence-electron chi connectivity index (χ3n) is 2.80. The molecule has 0 saturated carbocycles. The zero-order valence-electron chi connectivity index (χ0n) is 10.4. The number of benzene rings is 1. The number of hydrogen-bond acceptors (Lipinski definition) is 3. The Labute approximate surface area is 100 Å². The normalized spacial score (nSPS) is 10.8. The van der Waals surface area contributed by atoms with Crippen LogP contribution in [-0.2, 0) is 6.42 Å². The minimum atomic E-state index is 0.00856. The maximum absolute atomic E-state index is 11.9. The van der Waals surface area contributed by atoms with E-state index in [1.54, 1.807) is 12.1 Å². The van der Waals surface area contributed by atoms with Gasteiger partial charge in [0.25, 0.3) is 0 Å². The minimum Gasteiger partial charge on any atom is -0.493 e. The fourth-order valence-corrected chi connectivity index (χ4v) is 1.87. The summed E-state index contributed by atoms with van der Waals surface area (Å²) in [6.45, 7) is 6.41. The van der Waals surface area contributed by atoms with Crippen molar-refractivity contribution in [2.24, 2.45) is 0 Å². The summed E-state index contributed by atoms with van der Waals surface area (Å²) in [5.74, 6) is 1.48. The van der Waals surface area contributed by atoms with E-state index in [2.05, 4.69) is 0 Å². The molecule has 3 nitrogen and oxygen atoms in total. The van der Waals surface area contributed by atoms with Gasteiger partial charge in [0.2, 0.25) is 0 Å². The maximum atomic E-state index is 11.9. The molecule has 0 saturated heterocycles. The van der Waals surface area contributed by atoms with Crippen molar-refractivity contribution in [1.82, 2.24) is 0 Å². The summed E-state index contributed by atoms with van der Waals surface area (Å²) < 4.78 is 11.2. The molecular weight excluding hydrogens is 216 g/mol. The molecular formula is C14H16O3. The van der Waals surface area contributed by atoms with Gasteiger partial charge in [-0.3, -0.25) is 4.79 Å². The fourth-order valence-electron chi connectivity index (χ4n) is 1.87. The Kier molecular flexibility index (Phi) is 3.18. The Hall–Kier alpha value is -1.77. The molecule has 0 radical (unpaired) electrons. The van der Waals surface area contributed by atoms with Crippen LogP contribution < -0.4 is 10.2 Å². The second kappa shape index (κ2) is 4.62. The van der Waals surface area contributed by atoms with Crippen LogP contribution in [0.4, 0.5) is 0 Å². The van der Waals surface area contributed by atoms with Crippen LogP contribution in [0.5, 0.6) is 5.75 Å². The highest BCUT2D eigenvalue weighted by Crippen LogP contribution is 2.26. The molecule has 0 N–H and O–H groups in total. The monoisotopic (exact) mass is 232 g/mol. The molecule has 0 fully saturated rings. The predicted molar refractivity (Wildman–Crippen MR) is 67.8 cm³/mol. The van der Waals surface area contributed by atoms with Crippen LogP contribution >= 0.6 is 0 Å². The average molecular weight is 232 g/mol. The first-order valence-corrected chi connectivity index (χ1v) is 5.86. The van der Waals surface area contributed by atoms with Crippen molar-refractivity contribution in [2.75, 3.05) is 6.61 Å². The van der Waals surface area contributed by atoms with E-state index in [4.69, 9.17) is 9.15 Å². The molecule has 1 aromatic heterocycles. The van der Waals surface area contributed by atoms with E-state index in [1.807, 2.05) is 26.8 Å². The first-order valence-electron chi connectivity index (χ1n) is 5.86. The smallest absolute Gasteiger partial charge is 0.192 e. The second-order valence-corrected chi connectivity index (χ2v) is 3.93.